The lowest BCUT2D eigenvalue weighted by Gasteiger charge is -2.14. The molecule has 0 aliphatic rings. The first-order valence-electron chi connectivity index (χ1n) is 5.14. The lowest BCUT2D eigenvalue weighted by Crippen LogP contribution is -2.04. The highest BCUT2D eigenvalue weighted by Crippen LogP contribution is 2.37. The number of halogens is 6. The third-order valence-electron chi connectivity index (χ3n) is 2.55. The Morgan fingerprint density at radius 2 is 1.58 bits per heavy atom. The van der Waals surface area contributed by atoms with Crippen molar-refractivity contribution in [1.29, 1.82) is 0 Å². The summed E-state index contributed by atoms with van der Waals surface area (Å²) < 4.78 is 53.9. The zero-order chi connectivity index (χ0) is 14.2. The maximum atomic E-state index is 13.8. The first kappa shape index (κ1) is 14.3. The summed E-state index contributed by atoms with van der Waals surface area (Å²) in [6, 6.07) is 5.18. The molecule has 6 heteroatoms. The fraction of sp³-hybridized carbons (Fsp3) is 0.0769. The van der Waals surface area contributed by atoms with Crippen molar-refractivity contribution in [3.63, 3.8) is 0 Å². The first-order chi connectivity index (χ1) is 8.91. The van der Waals surface area contributed by atoms with Crippen LogP contribution in [-0.4, -0.2) is 0 Å². The second-order valence-electron chi connectivity index (χ2n) is 3.79. The Morgan fingerprint density at radius 1 is 1.00 bits per heavy atom. The summed E-state index contributed by atoms with van der Waals surface area (Å²) in [6.45, 7) is 0. The van der Waals surface area contributed by atoms with Crippen LogP contribution in [-0.2, 0) is 0 Å². The summed E-state index contributed by atoms with van der Waals surface area (Å²) in [4.78, 5) is -1.10. The van der Waals surface area contributed by atoms with Crippen LogP contribution in [0.25, 0.3) is 0 Å². The van der Waals surface area contributed by atoms with Gasteiger partial charge in [-0.3, -0.25) is 0 Å². The van der Waals surface area contributed by atoms with Crippen molar-refractivity contribution in [2.24, 2.45) is 0 Å². The molecule has 1 atom stereocenters. The summed E-state index contributed by atoms with van der Waals surface area (Å²) in [5.74, 6) is -4.02. The molecule has 0 fully saturated rings. The van der Waals surface area contributed by atoms with Gasteiger partial charge in [-0.1, -0.05) is 39.7 Å². The minimum atomic E-state index is -1.10. The molecule has 0 heterocycles. The topological polar surface area (TPSA) is 0 Å². The lowest BCUT2D eigenvalue weighted by molar-refractivity contribution is 0.525. The first-order valence-corrected chi connectivity index (χ1v) is 6.43. The molecule has 100 valence electrons. The van der Waals surface area contributed by atoms with Crippen LogP contribution < -0.4 is 0 Å². The summed E-state index contributed by atoms with van der Waals surface area (Å²) in [7, 11) is 0. The third-order valence-corrected chi connectivity index (χ3v) is 3.79. The van der Waals surface area contributed by atoms with Crippen LogP contribution in [0.15, 0.2) is 30.3 Å². The van der Waals surface area contributed by atoms with Crippen LogP contribution in [0.1, 0.15) is 16.0 Å². The molecule has 0 aromatic heterocycles. The fourth-order valence-corrected chi connectivity index (χ4v) is 2.64. The summed E-state index contributed by atoms with van der Waals surface area (Å²) in [5.41, 5.74) is -0.500. The highest BCUT2D eigenvalue weighted by molar-refractivity contribution is 9.09. The van der Waals surface area contributed by atoms with Crippen molar-refractivity contribution in [3.8, 4) is 0 Å². The molecule has 0 saturated heterocycles. The van der Waals surface area contributed by atoms with E-state index in [4.69, 9.17) is 11.6 Å². The molecule has 0 spiro atoms. The van der Waals surface area contributed by atoms with E-state index in [1.165, 1.54) is 18.2 Å². The van der Waals surface area contributed by atoms with Crippen LogP contribution in [0.3, 0.4) is 0 Å². The van der Waals surface area contributed by atoms with Gasteiger partial charge in [0.25, 0.3) is 0 Å². The van der Waals surface area contributed by atoms with E-state index in [2.05, 4.69) is 15.9 Å². The van der Waals surface area contributed by atoms with E-state index in [1.807, 2.05) is 0 Å². The standard InChI is InChI=1S/C13H6BrClF4/c14-12(7-2-1-3-8(15)13(7)19)11-9(17)4-6(16)5-10(11)18/h1-5,12H. The summed E-state index contributed by atoms with van der Waals surface area (Å²) >= 11 is 8.61. The second-order valence-corrected chi connectivity index (χ2v) is 5.11. The molecule has 0 aliphatic carbocycles. The number of hydrogen-bond donors (Lipinski definition) is 0. The van der Waals surface area contributed by atoms with Crippen molar-refractivity contribution in [2.75, 3.05) is 0 Å². The number of alkyl halides is 1. The Hall–Kier alpha value is -1.07. The Morgan fingerprint density at radius 3 is 2.16 bits per heavy atom. The third kappa shape index (κ3) is 2.77. The van der Waals surface area contributed by atoms with Gasteiger partial charge >= 0.3 is 0 Å². The van der Waals surface area contributed by atoms with Crippen LogP contribution in [0.2, 0.25) is 5.02 Å². The van der Waals surface area contributed by atoms with Gasteiger partial charge in [-0.2, -0.15) is 0 Å². The zero-order valence-electron chi connectivity index (χ0n) is 9.23. The van der Waals surface area contributed by atoms with E-state index >= 15 is 0 Å². The van der Waals surface area contributed by atoms with Crippen LogP contribution >= 0.6 is 27.5 Å². The molecule has 0 nitrogen and oxygen atoms in total. The van der Waals surface area contributed by atoms with Crippen molar-refractivity contribution >= 4 is 27.5 Å². The predicted octanol–water partition coefficient (Wildman–Crippen LogP) is 5.38. The number of benzene rings is 2. The molecule has 19 heavy (non-hydrogen) atoms. The molecule has 0 radical (unpaired) electrons. The van der Waals surface area contributed by atoms with Gasteiger partial charge in [-0.05, 0) is 6.07 Å². The zero-order valence-corrected chi connectivity index (χ0v) is 11.6. The lowest BCUT2D eigenvalue weighted by atomic mass is 10.0. The Balaban J connectivity index is 2.56. The van der Waals surface area contributed by atoms with E-state index in [0.717, 1.165) is 0 Å². The van der Waals surface area contributed by atoms with E-state index in [9.17, 15) is 17.6 Å². The average Bonchev–Trinajstić information content (AvgIpc) is 2.31. The maximum Gasteiger partial charge on any atom is 0.146 e. The maximum absolute atomic E-state index is 13.8. The van der Waals surface area contributed by atoms with Crippen molar-refractivity contribution in [2.45, 2.75) is 4.83 Å². The van der Waals surface area contributed by atoms with Gasteiger partial charge in [0.1, 0.15) is 23.3 Å². The van der Waals surface area contributed by atoms with Gasteiger partial charge in [-0.15, -0.1) is 0 Å². The van der Waals surface area contributed by atoms with Gasteiger partial charge in [-0.25, -0.2) is 17.6 Å². The van der Waals surface area contributed by atoms with E-state index in [1.54, 1.807) is 0 Å². The normalized spacial score (nSPS) is 12.5. The van der Waals surface area contributed by atoms with Crippen molar-refractivity contribution in [3.05, 3.63) is 69.8 Å². The van der Waals surface area contributed by atoms with Crippen LogP contribution in [0.4, 0.5) is 17.6 Å². The molecular weight excluding hydrogens is 347 g/mol. The number of hydrogen-bond acceptors (Lipinski definition) is 0. The van der Waals surface area contributed by atoms with E-state index in [0.29, 0.717) is 12.1 Å². The van der Waals surface area contributed by atoms with Gasteiger partial charge in [0.05, 0.1) is 9.85 Å². The molecule has 0 aliphatic heterocycles. The van der Waals surface area contributed by atoms with Gasteiger partial charge < -0.3 is 0 Å². The molecule has 0 amide bonds. The molecule has 2 rings (SSSR count). The van der Waals surface area contributed by atoms with E-state index < -0.39 is 33.7 Å². The quantitative estimate of drug-likeness (QED) is 0.502. The fourth-order valence-electron chi connectivity index (χ4n) is 1.67. The van der Waals surface area contributed by atoms with Crippen LogP contribution in [0.5, 0.6) is 0 Å². The Kier molecular flexibility index (Phi) is 4.16. The SMILES string of the molecule is Fc1cc(F)c(C(Br)c2cccc(Cl)c2F)c(F)c1. The molecule has 0 saturated carbocycles. The minimum Gasteiger partial charge on any atom is -0.207 e. The van der Waals surface area contributed by atoms with E-state index in [-0.39, 0.29) is 10.6 Å². The summed E-state index contributed by atoms with van der Waals surface area (Å²) in [6.07, 6.45) is 0. The Labute approximate surface area is 120 Å². The summed E-state index contributed by atoms with van der Waals surface area (Å²) in [5, 5.41) is -0.162. The highest BCUT2D eigenvalue weighted by atomic mass is 79.9. The van der Waals surface area contributed by atoms with Crippen molar-refractivity contribution in [1.82, 2.24) is 0 Å². The largest absolute Gasteiger partial charge is 0.207 e. The van der Waals surface area contributed by atoms with Crippen molar-refractivity contribution < 1.29 is 17.6 Å². The van der Waals surface area contributed by atoms with Gasteiger partial charge in [0, 0.05) is 23.3 Å². The second kappa shape index (κ2) is 5.51. The van der Waals surface area contributed by atoms with Crippen LogP contribution in [0, 0.1) is 23.3 Å². The molecule has 2 aromatic rings. The monoisotopic (exact) mass is 352 g/mol. The van der Waals surface area contributed by atoms with Gasteiger partial charge in [0.15, 0.2) is 0 Å². The average molecular weight is 354 g/mol. The molecule has 0 N–H and O–H groups in total. The van der Waals surface area contributed by atoms with Gasteiger partial charge in [0.2, 0.25) is 0 Å². The molecular formula is C13H6BrClF4. The Bertz CT molecular complexity index is 607. The minimum absolute atomic E-state index is 0.0306. The molecule has 0 bridgehead atoms. The highest BCUT2D eigenvalue weighted by Gasteiger charge is 2.24. The predicted molar refractivity (Wildman–Crippen MR) is 68.5 cm³/mol. The smallest absolute Gasteiger partial charge is 0.146 e. The molecule has 2 aromatic carbocycles. The molecule has 1 unspecified atom stereocenters. The number of rotatable bonds is 2.